The summed E-state index contributed by atoms with van der Waals surface area (Å²) >= 11 is 1.17. The summed E-state index contributed by atoms with van der Waals surface area (Å²) in [5.74, 6) is 1.53. The molecule has 1 aliphatic rings. The van der Waals surface area contributed by atoms with E-state index in [9.17, 15) is 9.59 Å². The molecule has 3 heterocycles. The number of H-pyrrole nitrogens is 1. The lowest BCUT2D eigenvalue weighted by Gasteiger charge is -2.05. The molecule has 4 rings (SSSR count). The van der Waals surface area contributed by atoms with Crippen LogP contribution in [0, 0.1) is 0 Å². The Kier molecular flexibility index (Phi) is 4.10. The standard InChI is InChI=1S/C18H13NO6S/c1-22-13-5-10(6-14-17(13)25-9-24-14)7-15-18(21)19-16(26-15)8-11(20)12-3-2-4-23-12/h2-8H,9H2,1H3,(H,19,21)/b15-7-,16-8-. The Morgan fingerprint density at radius 2 is 2.23 bits per heavy atom. The number of benzene rings is 1. The minimum Gasteiger partial charge on any atom is -0.493 e. The van der Waals surface area contributed by atoms with Crippen LogP contribution in [-0.4, -0.2) is 24.7 Å². The molecule has 1 aromatic carbocycles. The zero-order valence-electron chi connectivity index (χ0n) is 13.6. The molecule has 0 radical (unpaired) electrons. The first-order valence-corrected chi connectivity index (χ1v) is 8.44. The van der Waals surface area contributed by atoms with Crippen LogP contribution in [0.5, 0.6) is 17.2 Å². The van der Waals surface area contributed by atoms with E-state index in [4.69, 9.17) is 18.6 Å². The number of ether oxygens (including phenoxy) is 3. The summed E-state index contributed by atoms with van der Waals surface area (Å²) in [6.45, 7) is 0.128. The van der Waals surface area contributed by atoms with E-state index in [0.29, 0.717) is 26.4 Å². The van der Waals surface area contributed by atoms with E-state index >= 15 is 0 Å². The molecule has 2 aromatic heterocycles. The molecule has 0 unspecified atom stereocenters. The van der Waals surface area contributed by atoms with E-state index in [1.54, 1.807) is 30.3 Å². The van der Waals surface area contributed by atoms with E-state index in [0.717, 1.165) is 5.56 Å². The van der Waals surface area contributed by atoms with E-state index < -0.39 is 0 Å². The second-order valence-electron chi connectivity index (χ2n) is 5.37. The second kappa shape index (κ2) is 6.57. The fraction of sp³-hybridized carbons (Fsp3) is 0.111. The lowest BCUT2D eigenvalue weighted by molar-refractivity contribution is 0.103. The number of ketones is 1. The molecule has 0 fully saturated rings. The quantitative estimate of drug-likeness (QED) is 0.695. The molecular formula is C18H13NO6S. The molecule has 3 aromatic rings. The maximum absolute atomic E-state index is 12.2. The summed E-state index contributed by atoms with van der Waals surface area (Å²) in [7, 11) is 1.53. The van der Waals surface area contributed by atoms with Gasteiger partial charge in [0, 0.05) is 6.08 Å². The molecule has 0 bridgehead atoms. The normalized spacial score (nSPS) is 14.0. The maximum atomic E-state index is 12.2. The molecular weight excluding hydrogens is 358 g/mol. The number of rotatable bonds is 4. The summed E-state index contributed by atoms with van der Waals surface area (Å²) < 4.78 is 22.0. The van der Waals surface area contributed by atoms with Gasteiger partial charge in [-0.05, 0) is 35.9 Å². The number of methoxy groups -OCH3 is 1. The van der Waals surface area contributed by atoms with Crippen molar-refractivity contribution in [3.05, 3.63) is 61.4 Å². The third-order valence-corrected chi connectivity index (χ3v) is 4.65. The third kappa shape index (κ3) is 3.02. The van der Waals surface area contributed by atoms with Crippen LogP contribution in [0.4, 0.5) is 0 Å². The summed E-state index contributed by atoms with van der Waals surface area (Å²) in [6, 6.07) is 6.71. The van der Waals surface area contributed by atoms with Gasteiger partial charge < -0.3 is 23.6 Å². The van der Waals surface area contributed by atoms with Gasteiger partial charge in [-0.25, -0.2) is 0 Å². The zero-order valence-corrected chi connectivity index (χ0v) is 14.4. The van der Waals surface area contributed by atoms with Gasteiger partial charge in [0.2, 0.25) is 18.3 Å². The number of carbonyl (C=O) groups is 1. The van der Waals surface area contributed by atoms with Gasteiger partial charge in [-0.2, -0.15) is 0 Å². The van der Waals surface area contributed by atoms with Crippen molar-refractivity contribution in [3.63, 3.8) is 0 Å². The predicted molar refractivity (Wildman–Crippen MR) is 94.4 cm³/mol. The molecule has 0 saturated heterocycles. The number of nitrogens with one attached hydrogen (secondary N) is 1. The van der Waals surface area contributed by atoms with Crippen molar-refractivity contribution in [1.82, 2.24) is 4.98 Å². The van der Waals surface area contributed by atoms with Crippen LogP contribution in [0.3, 0.4) is 0 Å². The predicted octanol–water partition coefficient (Wildman–Crippen LogP) is 1.26. The Labute approximate surface area is 150 Å². The lowest BCUT2D eigenvalue weighted by Crippen LogP contribution is -2.20. The first kappa shape index (κ1) is 16.2. The number of aromatic amines is 1. The van der Waals surface area contributed by atoms with Crippen LogP contribution in [0.15, 0.2) is 39.7 Å². The number of hydrogen-bond donors (Lipinski definition) is 1. The molecule has 1 N–H and O–H groups in total. The average molecular weight is 371 g/mol. The summed E-state index contributed by atoms with van der Waals surface area (Å²) in [5.41, 5.74) is 0.437. The second-order valence-corrected chi connectivity index (χ2v) is 6.46. The van der Waals surface area contributed by atoms with Gasteiger partial charge in [-0.15, -0.1) is 11.3 Å². The Hall–Kier alpha value is -3.26. The van der Waals surface area contributed by atoms with Crippen LogP contribution in [0.2, 0.25) is 0 Å². The number of fused-ring (bicyclic) bond motifs is 1. The SMILES string of the molecule is COc1cc(/C=c2\s/c(=C\C(=O)c3ccco3)[nH]c2=O)cc2c1OCO2. The Balaban J connectivity index is 1.74. The van der Waals surface area contributed by atoms with Gasteiger partial charge in [-0.3, -0.25) is 9.59 Å². The monoisotopic (exact) mass is 371 g/mol. The summed E-state index contributed by atoms with van der Waals surface area (Å²) in [4.78, 5) is 26.9. The van der Waals surface area contributed by atoms with Crippen molar-refractivity contribution in [1.29, 1.82) is 0 Å². The highest BCUT2D eigenvalue weighted by molar-refractivity contribution is 7.07. The number of Topliss-reactive ketones (excluding diaryl/α,β-unsaturated/α-hetero) is 1. The van der Waals surface area contributed by atoms with Crippen LogP contribution in [0.25, 0.3) is 12.2 Å². The Morgan fingerprint density at radius 1 is 1.35 bits per heavy atom. The Morgan fingerprint density at radius 3 is 3.00 bits per heavy atom. The molecule has 7 nitrogen and oxygen atoms in total. The molecule has 0 aliphatic carbocycles. The molecule has 26 heavy (non-hydrogen) atoms. The highest BCUT2D eigenvalue weighted by Gasteiger charge is 2.19. The summed E-state index contributed by atoms with van der Waals surface area (Å²) in [5, 5.41) is 0. The number of hydrogen-bond acceptors (Lipinski definition) is 7. The van der Waals surface area contributed by atoms with E-state index in [2.05, 4.69) is 4.98 Å². The lowest BCUT2D eigenvalue weighted by atomic mass is 10.2. The minimum atomic E-state index is -0.316. The van der Waals surface area contributed by atoms with Crippen LogP contribution in [0.1, 0.15) is 16.1 Å². The van der Waals surface area contributed by atoms with Crippen molar-refractivity contribution < 1.29 is 23.4 Å². The maximum Gasteiger partial charge on any atom is 0.266 e. The van der Waals surface area contributed by atoms with E-state index in [1.807, 2.05) is 0 Å². The number of furan rings is 1. The first-order chi connectivity index (χ1) is 12.6. The van der Waals surface area contributed by atoms with Gasteiger partial charge >= 0.3 is 0 Å². The topological polar surface area (TPSA) is 90.8 Å². The van der Waals surface area contributed by atoms with Gasteiger partial charge in [-0.1, -0.05) is 0 Å². The molecule has 1 aliphatic heterocycles. The van der Waals surface area contributed by atoms with E-state index in [-0.39, 0.29) is 23.9 Å². The van der Waals surface area contributed by atoms with Gasteiger partial charge in [0.05, 0.1) is 22.6 Å². The van der Waals surface area contributed by atoms with Crippen molar-refractivity contribution >= 4 is 29.3 Å². The third-order valence-electron chi connectivity index (χ3n) is 3.69. The van der Waals surface area contributed by atoms with Gasteiger partial charge in [0.1, 0.15) is 0 Å². The molecule has 132 valence electrons. The minimum absolute atomic E-state index is 0.128. The smallest absolute Gasteiger partial charge is 0.266 e. The average Bonchev–Trinajstić information content (AvgIpc) is 3.36. The molecule has 8 heteroatoms. The van der Waals surface area contributed by atoms with Crippen LogP contribution < -0.4 is 29.0 Å². The highest BCUT2D eigenvalue weighted by atomic mass is 32.1. The number of aromatic nitrogens is 1. The first-order valence-electron chi connectivity index (χ1n) is 7.62. The van der Waals surface area contributed by atoms with Gasteiger partial charge in [0.15, 0.2) is 17.3 Å². The van der Waals surface area contributed by atoms with E-state index in [1.165, 1.54) is 30.8 Å². The fourth-order valence-corrected chi connectivity index (χ4v) is 3.40. The number of carbonyl (C=O) groups excluding carboxylic acids is 1. The van der Waals surface area contributed by atoms with Crippen LogP contribution in [-0.2, 0) is 0 Å². The molecule has 0 atom stereocenters. The van der Waals surface area contributed by atoms with Crippen molar-refractivity contribution in [2.24, 2.45) is 0 Å². The number of thiazole rings is 1. The zero-order chi connectivity index (χ0) is 18.1. The molecule has 0 spiro atoms. The highest BCUT2D eigenvalue weighted by Crippen LogP contribution is 2.41. The van der Waals surface area contributed by atoms with Crippen molar-refractivity contribution in [2.45, 2.75) is 0 Å². The molecule has 0 amide bonds. The van der Waals surface area contributed by atoms with Crippen LogP contribution >= 0.6 is 11.3 Å². The summed E-state index contributed by atoms with van der Waals surface area (Å²) in [6.07, 6.45) is 4.45. The molecule has 0 saturated carbocycles. The largest absolute Gasteiger partial charge is 0.493 e. The van der Waals surface area contributed by atoms with Crippen molar-refractivity contribution in [3.8, 4) is 17.2 Å². The Bertz CT molecular complexity index is 1140. The van der Waals surface area contributed by atoms with Crippen molar-refractivity contribution in [2.75, 3.05) is 13.9 Å². The fourth-order valence-electron chi connectivity index (χ4n) is 2.52. The van der Waals surface area contributed by atoms with Gasteiger partial charge in [0.25, 0.3) is 5.56 Å².